The first-order valence-electron chi connectivity index (χ1n) is 6.35. The van der Waals surface area contributed by atoms with Gasteiger partial charge < -0.3 is 10.1 Å². The van der Waals surface area contributed by atoms with Crippen LogP contribution in [0.2, 0.25) is 0 Å². The zero-order valence-corrected chi connectivity index (χ0v) is 11.7. The molecule has 0 saturated heterocycles. The molecule has 0 atom stereocenters. The molecular weight excluding hydrogens is 287 g/mol. The number of carbonyl (C=O) groups is 2. The smallest absolute Gasteiger partial charge is 0.416 e. The summed E-state index contributed by atoms with van der Waals surface area (Å²) in [4.78, 5) is 22.9. The first-order valence-corrected chi connectivity index (χ1v) is 6.35. The maximum Gasteiger partial charge on any atom is 0.416 e. The lowest BCUT2D eigenvalue weighted by Crippen LogP contribution is -2.27. The molecule has 1 aromatic carbocycles. The highest BCUT2D eigenvalue weighted by Gasteiger charge is 2.30. The van der Waals surface area contributed by atoms with Crippen LogP contribution in [-0.4, -0.2) is 24.5 Å². The molecule has 0 spiro atoms. The van der Waals surface area contributed by atoms with Crippen LogP contribution in [0.1, 0.15) is 36.2 Å². The number of alkyl halides is 3. The Labute approximate surface area is 120 Å². The van der Waals surface area contributed by atoms with Gasteiger partial charge in [0.15, 0.2) is 0 Å². The Morgan fingerprint density at radius 2 is 1.76 bits per heavy atom. The second kappa shape index (κ2) is 7.10. The quantitative estimate of drug-likeness (QED) is 0.851. The van der Waals surface area contributed by atoms with Gasteiger partial charge in [-0.25, -0.2) is 0 Å². The molecule has 0 bridgehead atoms. The molecule has 0 saturated carbocycles. The van der Waals surface area contributed by atoms with E-state index in [0.717, 1.165) is 24.3 Å². The summed E-state index contributed by atoms with van der Waals surface area (Å²) in [7, 11) is 0. The Morgan fingerprint density at radius 1 is 1.19 bits per heavy atom. The van der Waals surface area contributed by atoms with Crippen LogP contribution in [0.25, 0.3) is 0 Å². The van der Waals surface area contributed by atoms with Gasteiger partial charge >= 0.3 is 12.1 Å². The zero-order chi connectivity index (χ0) is 16.0. The number of benzene rings is 1. The predicted molar refractivity (Wildman–Crippen MR) is 69.6 cm³/mol. The molecule has 1 N–H and O–H groups in total. The fourth-order valence-electron chi connectivity index (χ4n) is 1.51. The molecule has 0 aliphatic rings. The summed E-state index contributed by atoms with van der Waals surface area (Å²) in [6.45, 7) is 3.47. The van der Waals surface area contributed by atoms with Crippen molar-refractivity contribution in [2.45, 2.75) is 32.5 Å². The van der Waals surface area contributed by atoms with E-state index in [-0.39, 0.29) is 24.6 Å². The summed E-state index contributed by atoms with van der Waals surface area (Å²) in [6.07, 6.45) is -4.66. The fraction of sp³-hybridized carbons (Fsp3) is 0.429. The van der Waals surface area contributed by atoms with E-state index in [1.165, 1.54) is 0 Å². The minimum atomic E-state index is -4.43. The average Bonchev–Trinajstić information content (AvgIpc) is 2.36. The topological polar surface area (TPSA) is 55.4 Å². The molecule has 21 heavy (non-hydrogen) atoms. The second-order valence-electron chi connectivity index (χ2n) is 4.62. The maximum absolute atomic E-state index is 12.4. The molecule has 0 radical (unpaired) electrons. The van der Waals surface area contributed by atoms with Crippen molar-refractivity contribution in [3.63, 3.8) is 0 Å². The molecule has 0 unspecified atom stereocenters. The maximum atomic E-state index is 12.4. The van der Waals surface area contributed by atoms with Crippen molar-refractivity contribution in [2.24, 2.45) is 0 Å². The molecule has 1 amide bonds. The normalized spacial score (nSPS) is 11.3. The Balaban J connectivity index is 2.48. The number of hydrogen-bond donors (Lipinski definition) is 1. The second-order valence-corrected chi connectivity index (χ2v) is 4.62. The molecule has 0 fully saturated rings. The van der Waals surface area contributed by atoms with Gasteiger partial charge in [-0.2, -0.15) is 13.2 Å². The number of nitrogens with one attached hydrogen (secondary N) is 1. The monoisotopic (exact) mass is 303 g/mol. The van der Waals surface area contributed by atoms with Crippen LogP contribution in [0.4, 0.5) is 13.2 Å². The lowest BCUT2D eigenvalue weighted by atomic mass is 10.1. The highest BCUT2D eigenvalue weighted by Crippen LogP contribution is 2.28. The number of halogens is 3. The predicted octanol–water partition coefficient (Wildman–Crippen LogP) is 2.78. The molecule has 7 heteroatoms. The minimum absolute atomic E-state index is 0.00452. The third kappa shape index (κ3) is 5.85. The van der Waals surface area contributed by atoms with E-state index in [4.69, 9.17) is 4.74 Å². The number of hydrogen-bond acceptors (Lipinski definition) is 3. The van der Waals surface area contributed by atoms with E-state index in [9.17, 15) is 22.8 Å². The van der Waals surface area contributed by atoms with Crippen molar-refractivity contribution in [1.82, 2.24) is 5.32 Å². The Morgan fingerprint density at radius 3 is 2.24 bits per heavy atom. The summed E-state index contributed by atoms with van der Waals surface area (Å²) < 4.78 is 42.0. The van der Waals surface area contributed by atoms with Crippen LogP contribution < -0.4 is 5.32 Å². The van der Waals surface area contributed by atoms with Gasteiger partial charge in [0.2, 0.25) is 0 Å². The van der Waals surface area contributed by atoms with Crippen LogP contribution in [0.15, 0.2) is 24.3 Å². The number of amides is 1. The van der Waals surface area contributed by atoms with Crippen LogP contribution in [0.5, 0.6) is 0 Å². The molecule has 0 aromatic heterocycles. The fourth-order valence-corrected chi connectivity index (χ4v) is 1.51. The van der Waals surface area contributed by atoms with Gasteiger partial charge in [0.05, 0.1) is 18.1 Å². The van der Waals surface area contributed by atoms with E-state index < -0.39 is 23.6 Å². The Hall–Kier alpha value is -2.05. The molecular formula is C14H16F3NO3. The van der Waals surface area contributed by atoms with Crippen molar-refractivity contribution >= 4 is 11.9 Å². The van der Waals surface area contributed by atoms with Gasteiger partial charge in [0, 0.05) is 12.1 Å². The molecule has 0 heterocycles. The Kier molecular flexibility index (Phi) is 5.75. The molecule has 0 aliphatic carbocycles. The van der Waals surface area contributed by atoms with Gasteiger partial charge in [0.1, 0.15) is 0 Å². The molecule has 0 aliphatic heterocycles. The van der Waals surface area contributed by atoms with Crippen molar-refractivity contribution in [3.8, 4) is 0 Å². The van der Waals surface area contributed by atoms with E-state index >= 15 is 0 Å². The van der Waals surface area contributed by atoms with Crippen molar-refractivity contribution in [3.05, 3.63) is 35.4 Å². The SMILES string of the molecule is CC(C)OC(=O)CCNC(=O)c1ccc(C(F)(F)F)cc1. The largest absolute Gasteiger partial charge is 0.463 e. The standard InChI is InChI=1S/C14H16F3NO3/c1-9(2)21-12(19)7-8-18-13(20)10-3-5-11(6-4-10)14(15,16)17/h3-6,9H,7-8H2,1-2H3,(H,18,20). The van der Waals surface area contributed by atoms with Gasteiger partial charge in [-0.05, 0) is 38.1 Å². The van der Waals surface area contributed by atoms with Crippen molar-refractivity contribution < 1.29 is 27.5 Å². The van der Waals surface area contributed by atoms with Gasteiger partial charge in [0.25, 0.3) is 5.91 Å². The highest BCUT2D eigenvalue weighted by molar-refractivity contribution is 5.94. The lowest BCUT2D eigenvalue weighted by Gasteiger charge is -2.09. The molecule has 116 valence electrons. The van der Waals surface area contributed by atoms with Crippen LogP contribution in [0.3, 0.4) is 0 Å². The van der Waals surface area contributed by atoms with Gasteiger partial charge in [-0.15, -0.1) is 0 Å². The van der Waals surface area contributed by atoms with Gasteiger partial charge in [-0.1, -0.05) is 0 Å². The average molecular weight is 303 g/mol. The third-order valence-electron chi connectivity index (χ3n) is 2.46. The van der Waals surface area contributed by atoms with E-state index in [0.29, 0.717) is 0 Å². The first kappa shape index (κ1) is 17.0. The summed E-state index contributed by atoms with van der Waals surface area (Å²) in [5.41, 5.74) is -0.722. The third-order valence-corrected chi connectivity index (χ3v) is 2.46. The number of rotatable bonds is 5. The van der Waals surface area contributed by atoms with Crippen molar-refractivity contribution in [1.29, 1.82) is 0 Å². The summed E-state index contributed by atoms with van der Waals surface area (Å²) in [5, 5.41) is 2.44. The summed E-state index contributed by atoms with van der Waals surface area (Å²) >= 11 is 0. The number of ether oxygens (including phenoxy) is 1. The van der Waals surface area contributed by atoms with E-state index in [1.54, 1.807) is 13.8 Å². The lowest BCUT2D eigenvalue weighted by molar-refractivity contribution is -0.147. The van der Waals surface area contributed by atoms with Crippen molar-refractivity contribution in [2.75, 3.05) is 6.54 Å². The van der Waals surface area contributed by atoms with Gasteiger partial charge in [-0.3, -0.25) is 9.59 Å². The minimum Gasteiger partial charge on any atom is -0.463 e. The Bertz CT molecular complexity index is 495. The van der Waals surface area contributed by atoms with Crippen LogP contribution in [-0.2, 0) is 15.7 Å². The van der Waals surface area contributed by atoms with E-state index in [2.05, 4.69) is 5.32 Å². The highest BCUT2D eigenvalue weighted by atomic mass is 19.4. The van der Waals surface area contributed by atoms with Crippen LogP contribution >= 0.6 is 0 Å². The first-order chi connectivity index (χ1) is 9.70. The zero-order valence-electron chi connectivity index (χ0n) is 11.7. The number of esters is 1. The van der Waals surface area contributed by atoms with E-state index in [1.807, 2.05) is 0 Å². The molecule has 1 aromatic rings. The molecule has 1 rings (SSSR count). The number of carbonyl (C=O) groups excluding carboxylic acids is 2. The summed E-state index contributed by atoms with van der Waals surface area (Å²) in [6, 6.07) is 3.85. The molecule has 4 nitrogen and oxygen atoms in total. The summed E-state index contributed by atoms with van der Waals surface area (Å²) in [5.74, 6) is -0.987. The van der Waals surface area contributed by atoms with Crippen LogP contribution in [0, 0.1) is 0 Å².